The number of amides is 3. The molecule has 2 fully saturated rings. The minimum Gasteiger partial charge on any atom is -0.481 e. The van der Waals surface area contributed by atoms with E-state index in [9.17, 15) is 14.7 Å². The van der Waals surface area contributed by atoms with Crippen LogP contribution in [0.25, 0.3) is 0 Å². The molecule has 0 saturated carbocycles. The zero-order valence-corrected chi connectivity index (χ0v) is 16.1. The van der Waals surface area contributed by atoms with Crippen molar-refractivity contribution in [2.45, 2.75) is 32.2 Å². The number of aliphatic hydroxyl groups is 1. The number of aromatic nitrogens is 2. The van der Waals surface area contributed by atoms with Crippen LogP contribution in [0.1, 0.15) is 26.7 Å². The van der Waals surface area contributed by atoms with Crippen LogP contribution in [-0.4, -0.2) is 82.2 Å². The summed E-state index contributed by atoms with van der Waals surface area (Å²) in [6.45, 7) is 5.51. The van der Waals surface area contributed by atoms with E-state index in [1.165, 1.54) is 4.90 Å². The number of hydrogen-bond acceptors (Lipinski definition) is 7. The molecule has 2 saturated heterocycles. The minimum absolute atomic E-state index is 0.0384. The van der Waals surface area contributed by atoms with Gasteiger partial charge >= 0.3 is 6.03 Å². The van der Waals surface area contributed by atoms with Gasteiger partial charge in [-0.25, -0.2) is 9.78 Å². The monoisotopic (exact) mass is 377 g/mol. The number of hydrogen-bond donors (Lipinski definition) is 1. The van der Waals surface area contributed by atoms with Crippen molar-refractivity contribution < 1.29 is 19.4 Å². The van der Waals surface area contributed by atoms with Gasteiger partial charge < -0.3 is 19.6 Å². The Hall–Kier alpha value is -2.42. The molecule has 0 atom stereocenters. The lowest BCUT2D eigenvalue weighted by atomic mass is 9.85. The van der Waals surface area contributed by atoms with Gasteiger partial charge in [0.25, 0.3) is 5.91 Å². The first-order chi connectivity index (χ1) is 12.9. The summed E-state index contributed by atoms with van der Waals surface area (Å²) in [7, 11) is 1.56. The summed E-state index contributed by atoms with van der Waals surface area (Å²) in [6, 6.07) is 1.39. The molecular weight excluding hydrogens is 350 g/mol. The molecule has 3 heterocycles. The Labute approximate surface area is 158 Å². The number of nitrogens with zero attached hydrogens (tertiary/aromatic N) is 5. The number of imide groups is 1. The second-order valence-corrected chi connectivity index (χ2v) is 7.39. The summed E-state index contributed by atoms with van der Waals surface area (Å²) in [5.41, 5.74) is -0.841. The lowest BCUT2D eigenvalue weighted by molar-refractivity contribution is -0.134. The van der Waals surface area contributed by atoms with Crippen LogP contribution in [0.15, 0.2) is 12.3 Å². The van der Waals surface area contributed by atoms with Crippen molar-refractivity contribution in [1.29, 1.82) is 0 Å². The number of piperidine rings is 1. The summed E-state index contributed by atoms with van der Waals surface area (Å²) < 4.78 is 5.16. The number of aliphatic hydroxyl groups excluding tert-OH is 1. The van der Waals surface area contributed by atoms with E-state index < -0.39 is 5.54 Å². The summed E-state index contributed by atoms with van der Waals surface area (Å²) in [4.78, 5) is 39.5. The van der Waals surface area contributed by atoms with E-state index in [-0.39, 0.29) is 31.0 Å². The van der Waals surface area contributed by atoms with Crippen molar-refractivity contribution >= 4 is 17.9 Å². The van der Waals surface area contributed by atoms with Gasteiger partial charge in [-0.05, 0) is 18.8 Å². The molecule has 1 aromatic heterocycles. The van der Waals surface area contributed by atoms with Crippen molar-refractivity contribution in [2.75, 3.05) is 44.8 Å². The molecule has 3 amide bonds. The highest BCUT2D eigenvalue weighted by atomic mass is 16.5. The average Bonchev–Trinajstić information content (AvgIpc) is 2.85. The highest BCUT2D eigenvalue weighted by molar-refractivity contribution is 6.07. The fourth-order valence-corrected chi connectivity index (χ4v) is 3.86. The van der Waals surface area contributed by atoms with Gasteiger partial charge in [-0.15, -0.1) is 0 Å². The molecule has 2 aliphatic rings. The molecule has 1 spiro atoms. The van der Waals surface area contributed by atoms with Gasteiger partial charge in [0.1, 0.15) is 5.54 Å². The molecule has 148 valence electrons. The van der Waals surface area contributed by atoms with Gasteiger partial charge in [-0.1, -0.05) is 13.8 Å². The number of urea groups is 1. The fraction of sp³-hybridized carbons (Fsp3) is 0.667. The van der Waals surface area contributed by atoms with Crippen molar-refractivity contribution in [3.05, 3.63) is 12.3 Å². The lowest BCUT2D eigenvalue weighted by Crippen LogP contribution is -2.57. The van der Waals surface area contributed by atoms with Gasteiger partial charge in [-0.3, -0.25) is 9.69 Å². The van der Waals surface area contributed by atoms with Crippen LogP contribution in [0.3, 0.4) is 0 Å². The molecule has 0 bridgehead atoms. The Morgan fingerprint density at radius 3 is 2.59 bits per heavy atom. The Balaban J connectivity index is 1.82. The molecule has 27 heavy (non-hydrogen) atoms. The topological polar surface area (TPSA) is 99.1 Å². The number of carbonyl (C=O) groups excluding carboxylic acids is 2. The van der Waals surface area contributed by atoms with Crippen LogP contribution in [-0.2, 0) is 4.79 Å². The summed E-state index contributed by atoms with van der Waals surface area (Å²) in [5, 5.41) is 9.26. The molecule has 9 heteroatoms. The molecule has 0 aliphatic carbocycles. The second kappa shape index (κ2) is 7.67. The zero-order chi connectivity index (χ0) is 19.6. The molecular formula is C18H27N5O4. The molecule has 2 aliphatic heterocycles. The minimum atomic E-state index is -0.841. The number of carbonyl (C=O) groups is 2. The summed E-state index contributed by atoms with van der Waals surface area (Å²) >= 11 is 0. The molecule has 1 aromatic rings. The first kappa shape index (κ1) is 19.3. The van der Waals surface area contributed by atoms with E-state index >= 15 is 0 Å². The van der Waals surface area contributed by atoms with Crippen LogP contribution >= 0.6 is 0 Å². The number of β-amino-alcohol motifs (C(OH)–C–C–N with tert-alkyl or cyclic N) is 1. The Kier molecular flexibility index (Phi) is 5.50. The third-order valence-electron chi connectivity index (χ3n) is 5.19. The van der Waals surface area contributed by atoms with Crippen LogP contribution in [0.4, 0.5) is 10.7 Å². The van der Waals surface area contributed by atoms with E-state index in [4.69, 9.17) is 4.74 Å². The number of rotatable bonds is 6. The third kappa shape index (κ3) is 3.43. The standard InChI is InChI=1S/C18H27N5O4/c1-13(2)12-23-17(26)22(10-11-24)15(25)18(23)5-8-21(9-6-18)16-19-7-4-14(20-16)27-3/h4,7,13,24H,5-6,8-12H2,1-3H3. The number of methoxy groups -OCH3 is 1. The van der Waals surface area contributed by atoms with Gasteiger partial charge in [0.15, 0.2) is 0 Å². The highest BCUT2D eigenvalue weighted by Crippen LogP contribution is 2.38. The second-order valence-electron chi connectivity index (χ2n) is 7.39. The number of ether oxygens (including phenoxy) is 1. The van der Waals surface area contributed by atoms with Crippen LogP contribution < -0.4 is 9.64 Å². The van der Waals surface area contributed by atoms with Crippen LogP contribution in [0, 0.1) is 5.92 Å². The van der Waals surface area contributed by atoms with Crippen LogP contribution in [0.2, 0.25) is 0 Å². The van der Waals surface area contributed by atoms with Gasteiger partial charge in [0, 0.05) is 31.9 Å². The van der Waals surface area contributed by atoms with Crippen molar-refractivity contribution in [3.63, 3.8) is 0 Å². The maximum absolute atomic E-state index is 13.1. The first-order valence-electron chi connectivity index (χ1n) is 9.29. The van der Waals surface area contributed by atoms with E-state index in [1.807, 2.05) is 18.7 Å². The van der Waals surface area contributed by atoms with Crippen LogP contribution in [0.5, 0.6) is 5.88 Å². The molecule has 0 unspecified atom stereocenters. The van der Waals surface area contributed by atoms with Crippen molar-refractivity contribution in [2.24, 2.45) is 5.92 Å². The summed E-state index contributed by atoms with van der Waals surface area (Å²) in [6.07, 6.45) is 2.66. The summed E-state index contributed by atoms with van der Waals surface area (Å²) in [5.74, 6) is 1.09. The Morgan fingerprint density at radius 1 is 1.30 bits per heavy atom. The Bertz CT molecular complexity index is 703. The molecule has 1 N–H and O–H groups in total. The average molecular weight is 377 g/mol. The zero-order valence-electron chi connectivity index (χ0n) is 16.1. The quantitative estimate of drug-likeness (QED) is 0.730. The largest absolute Gasteiger partial charge is 0.481 e. The normalized spacial score (nSPS) is 19.5. The maximum atomic E-state index is 13.1. The molecule has 3 rings (SSSR count). The molecule has 9 nitrogen and oxygen atoms in total. The number of anilines is 1. The van der Waals surface area contributed by atoms with Crippen molar-refractivity contribution in [1.82, 2.24) is 19.8 Å². The maximum Gasteiger partial charge on any atom is 0.327 e. The third-order valence-corrected chi connectivity index (χ3v) is 5.19. The first-order valence-corrected chi connectivity index (χ1v) is 9.29. The van der Waals surface area contributed by atoms with Gasteiger partial charge in [-0.2, -0.15) is 4.98 Å². The van der Waals surface area contributed by atoms with Crippen molar-refractivity contribution in [3.8, 4) is 5.88 Å². The Morgan fingerprint density at radius 2 is 2.00 bits per heavy atom. The predicted octanol–water partition coefficient (Wildman–Crippen LogP) is 0.737. The van der Waals surface area contributed by atoms with E-state index in [0.717, 1.165) is 0 Å². The van der Waals surface area contributed by atoms with E-state index in [1.54, 1.807) is 24.3 Å². The molecule has 0 aromatic carbocycles. The smallest absolute Gasteiger partial charge is 0.327 e. The van der Waals surface area contributed by atoms with Gasteiger partial charge in [0.05, 0.1) is 20.3 Å². The fourth-order valence-electron chi connectivity index (χ4n) is 3.86. The van der Waals surface area contributed by atoms with E-state index in [0.29, 0.717) is 44.3 Å². The molecule has 0 radical (unpaired) electrons. The predicted molar refractivity (Wildman–Crippen MR) is 98.5 cm³/mol. The highest BCUT2D eigenvalue weighted by Gasteiger charge is 2.57. The SMILES string of the molecule is COc1ccnc(N2CCC3(CC2)C(=O)N(CCO)C(=O)N3CC(C)C)n1. The van der Waals surface area contributed by atoms with Gasteiger partial charge in [0.2, 0.25) is 11.8 Å². The lowest BCUT2D eigenvalue weighted by Gasteiger charge is -2.42. The van der Waals surface area contributed by atoms with E-state index in [2.05, 4.69) is 9.97 Å².